The Bertz CT molecular complexity index is 228. The maximum absolute atomic E-state index is 8.69. The molecular weight excluding hydrogens is 172 g/mol. The lowest BCUT2D eigenvalue weighted by atomic mass is 9.87. The van der Waals surface area contributed by atoms with E-state index in [0.717, 1.165) is 13.0 Å². The highest BCUT2D eigenvalue weighted by atomic mass is 14.9. The van der Waals surface area contributed by atoms with Crippen LogP contribution in [0.15, 0.2) is 0 Å². The fourth-order valence-electron chi connectivity index (χ4n) is 1.44. The molecule has 1 aliphatic rings. The normalized spacial score (nSPS) is 21.4. The van der Waals surface area contributed by atoms with Gasteiger partial charge in [0.15, 0.2) is 0 Å². The van der Waals surface area contributed by atoms with Crippen LogP contribution in [-0.2, 0) is 0 Å². The SMILES string of the molecule is CC(NCC1(CC#N)CC1)C(C)(C)C. The molecule has 0 spiro atoms. The van der Waals surface area contributed by atoms with E-state index in [1.165, 1.54) is 12.8 Å². The molecule has 1 fully saturated rings. The van der Waals surface area contributed by atoms with Crippen molar-refractivity contribution in [3.8, 4) is 6.07 Å². The highest BCUT2D eigenvalue weighted by Gasteiger charge is 2.42. The van der Waals surface area contributed by atoms with Crippen molar-refractivity contribution in [1.29, 1.82) is 5.26 Å². The minimum absolute atomic E-state index is 0.308. The number of nitrogens with one attached hydrogen (secondary N) is 1. The number of nitriles is 1. The molecule has 0 heterocycles. The Labute approximate surface area is 87.7 Å². The first-order valence-corrected chi connectivity index (χ1v) is 5.50. The Morgan fingerprint density at radius 3 is 2.36 bits per heavy atom. The van der Waals surface area contributed by atoms with Crippen LogP contribution in [-0.4, -0.2) is 12.6 Å². The summed E-state index contributed by atoms with van der Waals surface area (Å²) in [4.78, 5) is 0. The highest BCUT2D eigenvalue weighted by molar-refractivity contribution is 5.01. The van der Waals surface area contributed by atoms with E-state index in [1.807, 2.05) is 0 Å². The third kappa shape index (κ3) is 2.99. The quantitative estimate of drug-likeness (QED) is 0.747. The number of nitrogens with zero attached hydrogens (tertiary/aromatic N) is 1. The van der Waals surface area contributed by atoms with Gasteiger partial charge < -0.3 is 5.32 Å². The fourth-order valence-corrected chi connectivity index (χ4v) is 1.44. The zero-order valence-electron chi connectivity index (χ0n) is 9.85. The molecule has 0 aromatic heterocycles. The van der Waals surface area contributed by atoms with Gasteiger partial charge in [0.2, 0.25) is 0 Å². The van der Waals surface area contributed by atoms with Crippen LogP contribution in [0.5, 0.6) is 0 Å². The van der Waals surface area contributed by atoms with Crippen LogP contribution >= 0.6 is 0 Å². The van der Waals surface area contributed by atoms with Crippen molar-refractivity contribution >= 4 is 0 Å². The molecule has 0 aromatic rings. The average Bonchev–Trinajstić information content (AvgIpc) is 2.80. The van der Waals surface area contributed by atoms with Crippen molar-refractivity contribution in [2.45, 2.75) is 53.0 Å². The van der Waals surface area contributed by atoms with Gasteiger partial charge in [0, 0.05) is 19.0 Å². The van der Waals surface area contributed by atoms with E-state index in [-0.39, 0.29) is 0 Å². The van der Waals surface area contributed by atoms with Gasteiger partial charge in [-0.3, -0.25) is 0 Å². The Hall–Kier alpha value is -0.550. The lowest BCUT2D eigenvalue weighted by Gasteiger charge is -2.29. The lowest BCUT2D eigenvalue weighted by molar-refractivity contribution is 0.269. The van der Waals surface area contributed by atoms with Crippen LogP contribution in [0.3, 0.4) is 0 Å². The van der Waals surface area contributed by atoms with E-state index in [0.29, 0.717) is 16.9 Å². The fraction of sp³-hybridized carbons (Fsp3) is 0.917. The highest BCUT2D eigenvalue weighted by Crippen LogP contribution is 2.48. The van der Waals surface area contributed by atoms with E-state index in [9.17, 15) is 0 Å². The second-order valence-electron chi connectivity index (χ2n) is 5.80. The molecule has 0 radical (unpaired) electrons. The Balaban J connectivity index is 2.31. The van der Waals surface area contributed by atoms with Crippen molar-refractivity contribution < 1.29 is 0 Å². The number of rotatable bonds is 4. The average molecular weight is 194 g/mol. The second kappa shape index (κ2) is 3.90. The summed E-state index contributed by atoms with van der Waals surface area (Å²) < 4.78 is 0. The van der Waals surface area contributed by atoms with Crippen LogP contribution in [0.2, 0.25) is 0 Å². The molecule has 0 saturated heterocycles. The van der Waals surface area contributed by atoms with Gasteiger partial charge in [0.1, 0.15) is 0 Å². The van der Waals surface area contributed by atoms with Gasteiger partial charge in [0.05, 0.1) is 6.07 Å². The minimum Gasteiger partial charge on any atom is -0.313 e. The van der Waals surface area contributed by atoms with Crippen molar-refractivity contribution in [1.82, 2.24) is 5.32 Å². The topological polar surface area (TPSA) is 35.8 Å². The summed E-state index contributed by atoms with van der Waals surface area (Å²) in [6, 6.07) is 2.81. The molecule has 1 rings (SSSR count). The molecule has 80 valence electrons. The van der Waals surface area contributed by atoms with Crippen molar-refractivity contribution in [2.24, 2.45) is 10.8 Å². The molecular formula is C12H22N2. The first-order valence-electron chi connectivity index (χ1n) is 5.50. The van der Waals surface area contributed by atoms with E-state index < -0.39 is 0 Å². The third-order valence-corrected chi connectivity index (χ3v) is 3.49. The molecule has 0 aliphatic heterocycles. The maximum atomic E-state index is 8.69. The zero-order chi connectivity index (χ0) is 10.8. The first kappa shape index (κ1) is 11.5. The van der Waals surface area contributed by atoms with E-state index >= 15 is 0 Å². The minimum atomic E-state index is 0.308. The number of hydrogen-bond donors (Lipinski definition) is 1. The summed E-state index contributed by atoms with van der Waals surface area (Å²) in [5.74, 6) is 0. The summed E-state index contributed by atoms with van der Waals surface area (Å²) in [6.07, 6.45) is 3.17. The molecule has 0 aromatic carbocycles. The summed E-state index contributed by atoms with van der Waals surface area (Å²) in [5, 5.41) is 12.2. The van der Waals surface area contributed by atoms with Gasteiger partial charge >= 0.3 is 0 Å². The van der Waals surface area contributed by atoms with Gasteiger partial charge in [0.25, 0.3) is 0 Å². The van der Waals surface area contributed by atoms with Crippen LogP contribution in [0.25, 0.3) is 0 Å². The molecule has 1 aliphatic carbocycles. The lowest BCUT2D eigenvalue weighted by Crippen LogP contribution is -2.40. The van der Waals surface area contributed by atoms with Crippen molar-refractivity contribution in [3.63, 3.8) is 0 Å². The van der Waals surface area contributed by atoms with E-state index in [2.05, 4.69) is 39.1 Å². The van der Waals surface area contributed by atoms with Crippen LogP contribution < -0.4 is 5.32 Å². The molecule has 1 N–H and O–H groups in total. The summed E-state index contributed by atoms with van der Waals surface area (Å²) in [5.41, 5.74) is 0.636. The Kier molecular flexibility index (Phi) is 3.21. The first-order chi connectivity index (χ1) is 6.40. The second-order valence-corrected chi connectivity index (χ2v) is 5.80. The van der Waals surface area contributed by atoms with Gasteiger partial charge in [-0.25, -0.2) is 0 Å². The predicted molar refractivity (Wildman–Crippen MR) is 58.8 cm³/mol. The van der Waals surface area contributed by atoms with Gasteiger partial charge in [-0.05, 0) is 30.6 Å². The van der Waals surface area contributed by atoms with Crippen LogP contribution in [0.1, 0.15) is 47.0 Å². The van der Waals surface area contributed by atoms with E-state index in [1.54, 1.807) is 0 Å². The molecule has 2 nitrogen and oxygen atoms in total. The molecule has 1 saturated carbocycles. The van der Waals surface area contributed by atoms with Crippen molar-refractivity contribution in [2.75, 3.05) is 6.54 Å². The Morgan fingerprint density at radius 1 is 1.43 bits per heavy atom. The van der Waals surface area contributed by atoms with E-state index in [4.69, 9.17) is 5.26 Å². The largest absolute Gasteiger partial charge is 0.313 e. The monoisotopic (exact) mass is 194 g/mol. The maximum Gasteiger partial charge on any atom is 0.0628 e. The summed E-state index contributed by atoms with van der Waals surface area (Å²) in [6.45, 7) is 9.97. The van der Waals surface area contributed by atoms with Crippen LogP contribution in [0, 0.1) is 22.2 Å². The van der Waals surface area contributed by atoms with Crippen molar-refractivity contribution in [3.05, 3.63) is 0 Å². The molecule has 1 unspecified atom stereocenters. The summed E-state index contributed by atoms with van der Waals surface area (Å²) in [7, 11) is 0. The molecule has 2 heteroatoms. The third-order valence-electron chi connectivity index (χ3n) is 3.49. The van der Waals surface area contributed by atoms with Gasteiger partial charge in [-0.1, -0.05) is 20.8 Å². The summed E-state index contributed by atoms with van der Waals surface area (Å²) >= 11 is 0. The number of hydrogen-bond acceptors (Lipinski definition) is 2. The zero-order valence-corrected chi connectivity index (χ0v) is 9.85. The molecule has 1 atom stereocenters. The molecule has 0 amide bonds. The van der Waals surface area contributed by atoms with Gasteiger partial charge in [-0.2, -0.15) is 5.26 Å². The Morgan fingerprint density at radius 2 is 2.00 bits per heavy atom. The predicted octanol–water partition coefficient (Wildman–Crippen LogP) is 2.70. The van der Waals surface area contributed by atoms with Gasteiger partial charge in [-0.15, -0.1) is 0 Å². The molecule has 14 heavy (non-hydrogen) atoms. The smallest absolute Gasteiger partial charge is 0.0628 e. The van der Waals surface area contributed by atoms with Crippen LogP contribution in [0.4, 0.5) is 0 Å². The molecule has 0 bridgehead atoms. The standard InChI is InChI=1S/C12H22N2/c1-10(11(2,3)4)14-9-12(5-6-12)7-8-13/h10,14H,5-7,9H2,1-4H3.